The van der Waals surface area contributed by atoms with E-state index < -0.39 is 5.97 Å². The maximum absolute atomic E-state index is 10.8. The lowest BCUT2D eigenvalue weighted by molar-refractivity contribution is 0.0697. The summed E-state index contributed by atoms with van der Waals surface area (Å²) in [5.41, 5.74) is 0.306. The van der Waals surface area contributed by atoms with Crippen LogP contribution in [0.25, 0.3) is 0 Å². The number of hydrogen-bond donors (Lipinski definition) is 1. The zero-order valence-electron chi connectivity index (χ0n) is 12.2. The maximum Gasteiger partial charge on any atom is 0.335 e. The minimum absolute atomic E-state index is 0.270. The fourth-order valence-electron chi connectivity index (χ4n) is 2.79. The summed E-state index contributed by atoms with van der Waals surface area (Å²) in [6.45, 7) is 2.32. The quantitative estimate of drug-likeness (QED) is 0.883. The van der Waals surface area contributed by atoms with E-state index in [0.717, 1.165) is 24.5 Å². The summed E-state index contributed by atoms with van der Waals surface area (Å²) in [4.78, 5) is 10.8. The predicted molar refractivity (Wildman–Crippen MR) is 79.3 cm³/mol. The number of ether oxygens (including phenoxy) is 1. The molecule has 2 unspecified atom stereocenters. The lowest BCUT2D eigenvalue weighted by Gasteiger charge is -2.19. The van der Waals surface area contributed by atoms with Crippen molar-refractivity contribution in [2.24, 2.45) is 5.92 Å². The van der Waals surface area contributed by atoms with E-state index in [1.54, 1.807) is 24.3 Å². The Balaban J connectivity index is 1.94. The van der Waals surface area contributed by atoms with Crippen molar-refractivity contribution in [2.45, 2.75) is 58.0 Å². The van der Waals surface area contributed by atoms with Gasteiger partial charge >= 0.3 is 5.97 Å². The van der Waals surface area contributed by atoms with E-state index in [-0.39, 0.29) is 6.10 Å². The predicted octanol–water partition coefficient (Wildman–Crippen LogP) is 4.51. The van der Waals surface area contributed by atoms with Gasteiger partial charge in [0.05, 0.1) is 11.7 Å². The molecule has 0 aromatic heterocycles. The van der Waals surface area contributed by atoms with Crippen LogP contribution in [-0.2, 0) is 0 Å². The third-order valence-electron chi connectivity index (χ3n) is 4.11. The van der Waals surface area contributed by atoms with E-state index in [4.69, 9.17) is 9.84 Å². The largest absolute Gasteiger partial charge is 0.490 e. The lowest BCUT2D eigenvalue weighted by atomic mass is 9.99. The molecule has 0 spiro atoms. The van der Waals surface area contributed by atoms with Gasteiger partial charge in [0.25, 0.3) is 0 Å². The van der Waals surface area contributed by atoms with Gasteiger partial charge in [0, 0.05) is 0 Å². The van der Waals surface area contributed by atoms with Crippen molar-refractivity contribution in [3.63, 3.8) is 0 Å². The Kier molecular flexibility index (Phi) is 5.45. The molecule has 1 fully saturated rings. The second-order valence-electron chi connectivity index (χ2n) is 5.89. The maximum atomic E-state index is 10.8. The molecule has 0 amide bonds. The van der Waals surface area contributed by atoms with Crippen LogP contribution in [0.2, 0.25) is 0 Å². The minimum Gasteiger partial charge on any atom is -0.490 e. The molecule has 1 N–H and O–H groups in total. The highest BCUT2D eigenvalue weighted by molar-refractivity contribution is 5.87. The normalized spacial score (nSPS) is 24.2. The summed E-state index contributed by atoms with van der Waals surface area (Å²) in [5.74, 6) is 0.674. The summed E-state index contributed by atoms with van der Waals surface area (Å²) in [6.07, 6.45) is 8.88. The Morgan fingerprint density at radius 1 is 1.05 bits per heavy atom. The van der Waals surface area contributed by atoms with Crippen LogP contribution < -0.4 is 4.74 Å². The molecule has 0 radical (unpaired) electrons. The molecular weight excluding hydrogens is 252 g/mol. The first-order chi connectivity index (χ1) is 9.65. The molecule has 20 heavy (non-hydrogen) atoms. The van der Waals surface area contributed by atoms with Crippen molar-refractivity contribution in [3.8, 4) is 5.75 Å². The van der Waals surface area contributed by atoms with Gasteiger partial charge in [0.2, 0.25) is 0 Å². The molecule has 0 saturated heterocycles. The molecule has 2 rings (SSSR count). The van der Waals surface area contributed by atoms with E-state index in [9.17, 15) is 4.79 Å². The fraction of sp³-hybridized carbons (Fsp3) is 0.588. The Bertz CT molecular complexity index is 424. The lowest BCUT2D eigenvalue weighted by Crippen LogP contribution is -2.17. The summed E-state index contributed by atoms with van der Waals surface area (Å²) in [6, 6.07) is 6.74. The number of benzene rings is 1. The molecule has 1 aromatic rings. The van der Waals surface area contributed by atoms with Crippen LogP contribution in [0.5, 0.6) is 5.75 Å². The van der Waals surface area contributed by atoms with Crippen molar-refractivity contribution in [2.75, 3.05) is 0 Å². The third-order valence-corrected chi connectivity index (χ3v) is 4.11. The van der Waals surface area contributed by atoms with Gasteiger partial charge in [-0.1, -0.05) is 26.2 Å². The topological polar surface area (TPSA) is 46.5 Å². The van der Waals surface area contributed by atoms with Crippen molar-refractivity contribution in [3.05, 3.63) is 29.8 Å². The Labute approximate surface area is 121 Å². The molecule has 1 saturated carbocycles. The van der Waals surface area contributed by atoms with E-state index >= 15 is 0 Å². The van der Waals surface area contributed by atoms with Gasteiger partial charge in [-0.15, -0.1) is 0 Å². The number of rotatable bonds is 3. The van der Waals surface area contributed by atoms with Crippen molar-refractivity contribution < 1.29 is 14.6 Å². The minimum atomic E-state index is -0.896. The van der Waals surface area contributed by atoms with Crippen LogP contribution in [0.15, 0.2) is 24.3 Å². The van der Waals surface area contributed by atoms with Crippen LogP contribution in [0.1, 0.15) is 62.2 Å². The summed E-state index contributed by atoms with van der Waals surface area (Å²) in [7, 11) is 0. The first-order valence-corrected chi connectivity index (χ1v) is 7.65. The van der Waals surface area contributed by atoms with Gasteiger partial charge < -0.3 is 9.84 Å². The first kappa shape index (κ1) is 14.9. The Morgan fingerprint density at radius 3 is 2.45 bits per heavy atom. The zero-order valence-corrected chi connectivity index (χ0v) is 12.2. The summed E-state index contributed by atoms with van der Waals surface area (Å²) < 4.78 is 6.04. The van der Waals surface area contributed by atoms with Gasteiger partial charge in [-0.3, -0.25) is 0 Å². The van der Waals surface area contributed by atoms with Crippen LogP contribution in [-0.4, -0.2) is 17.2 Å². The molecule has 3 nitrogen and oxygen atoms in total. The second-order valence-corrected chi connectivity index (χ2v) is 5.89. The average molecular weight is 276 g/mol. The number of aromatic carboxylic acids is 1. The van der Waals surface area contributed by atoms with E-state index in [2.05, 4.69) is 6.92 Å². The van der Waals surface area contributed by atoms with Crippen molar-refractivity contribution >= 4 is 5.97 Å². The molecular formula is C17H24O3. The number of hydrogen-bond acceptors (Lipinski definition) is 2. The molecule has 110 valence electrons. The van der Waals surface area contributed by atoms with Crippen LogP contribution >= 0.6 is 0 Å². The monoisotopic (exact) mass is 276 g/mol. The standard InChI is InChI=1S/C17H24O3/c1-13-5-3-2-4-6-15(10-7-13)20-16-11-8-14(9-12-16)17(18)19/h8-9,11-13,15H,2-7,10H2,1H3,(H,18,19). The second kappa shape index (κ2) is 7.32. The Hall–Kier alpha value is -1.51. The SMILES string of the molecule is CC1CCCCCC(Oc2ccc(C(=O)O)cc2)CC1. The molecule has 0 heterocycles. The van der Waals surface area contributed by atoms with Gasteiger partial charge in [0.15, 0.2) is 0 Å². The number of carboxylic acids is 1. The molecule has 1 aromatic carbocycles. The van der Waals surface area contributed by atoms with Crippen LogP contribution in [0.3, 0.4) is 0 Å². The van der Waals surface area contributed by atoms with Crippen molar-refractivity contribution in [1.82, 2.24) is 0 Å². The first-order valence-electron chi connectivity index (χ1n) is 7.65. The van der Waals surface area contributed by atoms with Crippen molar-refractivity contribution in [1.29, 1.82) is 0 Å². The van der Waals surface area contributed by atoms with Crippen LogP contribution in [0, 0.1) is 5.92 Å². The third kappa shape index (κ3) is 4.55. The highest BCUT2D eigenvalue weighted by Crippen LogP contribution is 2.25. The molecule has 1 aliphatic carbocycles. The fourth-order valence-corrected chi connectivity index (χ4v) is 2.79. The van der Waals surface area contributed by atoms with Gasteiger partial charge in [-0.25, -0.2) is 4.79 Å². The molecule has 1 aliphatic rings. The molecule has 0 aliphatic heterocycles. The van der Waals surface area contributed by atoms with Gasteiger partial charge in [0.1, 0.15) is 5.75 Å². The molecule has 2 atom stereocenters. The molecule has 3 heteroatoms. The number of carboxylic acid groups (broad SMARTS) is 1. The highest BCUT2D eigenvalue weighted by atomic mass is 16.5. The molecule has 0 bridgehead atoms. The highest BCUT2D eigenvalue weighted by Gasteiger charge is 2.15. The van der Waals surface area contributed by atoms with Gasteiger partial charge in [-0.2, -0.15) is 0 Å². The number of carbonyl (C=O) groups is 1. The van der Waals surface area contributed by atoms with E-state index in [1.807, 2.05) is 0 Å². The van der Waals surface area contributed by atoms with E-state index in [0.29, 0.717) is 5.56 Å². The summed E-state index contributed by atoms with van der Waals surface area (Å²) >= 11 is 0. The van der Waals surface area contributed by atoms with Gasteiger partial charge in [-0.05, 0) is 55.9 Å². The zero-order chi connectivity index (χ0) is 14.4. The average Bonchev–Trinajstić information content (AvgIpc) is 2.53. The summed E-state index contributed by atoms with van der Waals surface area (Å²) in [5, 5.41) is 8.89. The van der Waals surface area contributed by atoms with Crippen LogP contribution in [0.4, 0.5) is 0 Å². The van der Waals surface area contributed by atoms with E-state index in [1.165, 1.54) is 32.1 Å². The Morgan fingerprint density at radius 2 is 1.75 bits per heavy atom. The smallest absolute Gasteiger partial charge is 0.335 e.